The van der Waals surface area contributed by atoms with Gasteiger partial charge < -0.3 is 11.1 Å². The Kier molecular flexibility index (Phi) is 6.89. The summed E-state index contributed by atoms with van der Waals surface area (Å²) in [6, 6.07) is 28.4. The molecule has 0 spiro atoms. The van der Waals surface area contributed by atoms with E-state index in [1.165, 1.54) is 0 Å². The molecule has 0 aliphatic carbocycles. The highest BCUT2D eigenvalue weighted by molar-refractivity contribution is 6.09. The zero-order valence-corrected chi connectivity index (χ0v) is 20.2. The van der Waals surface area contributed by atoms with Crippen LogP contribution in [-0.4, -0.2) is 34.9 Å². The number of fused-ring (bicyclic) bond motifs is 1. The van der Waals surface area contributed by atoms with Crippen LogP contribution in [-0.2, 0) is 6.54 Å². The van der Waals surface area contributed by atoms with Crippen LogP contribution in [0.15, 0.2) is 84.9 Å². The van der Waals surface area contributed by atoms with Crippen molar-refractivity contribution in [2.75, 3.05) is 13.1 Å². The van der Waals surface area contributed by atoms with E-state index in [1.54, 1.807) is 0 Å². The van der Waals surface area contributed by atoms with E-state index in [9.17, 15) is 4.79 Å². The Labute approximate surface area is 207 Å². The van der Waals surface area contributed by atoms with Crippen molar-refractivity contribution >= 4 is 16.8 Å². The van der Waals surface area contributed by atoms with Gasteiger partial charge in [-0.15, -0.1) is 0 Å². The number of carbonyl (C=O) groups is 1. The smallest absolute Gasteiger partial charge is 0.252 e. The quantitative estimate of drug-likeness (QED) is 0.405. The number of benzene rings is 3. The van der Waals surface area contributed by atoms with Crippen molar-refractivity contribution in [2.24, 2.45) is 5.73 Å². The summed E-state index contributed by atoms with van der Waals surface area (Å²) >= 11 is 0. The second-order valence-corrected chi connectivity index (χ2v) is 9.42. The molecule has 5 rings (SSSR count). The molecule has 5 heteroatoms. The maximum atomic E-state index is 14.0. The molecule has 1 aliphatic rings. The highest BCUT2D eigenvalue weighted by Crippen LogP contribution is 2.32. The molecule has 1 atom stereocenters. The van der Waals surface area contributed by atoms with Gasteiger partial charge >= 0.3 is 0 Å². The Balaban J connectivity index is 1.63. The summed E-state index contributed by atoms with van der Waals surface area (Å²) in [4.78, 5) is 21.4. The third kappa shape index (κ3) is 5.11. The van der Waals surface area contributed by atoms with Crippen molar-refractivity contribution in [3.05, 3.63) is 102 Å². The van der Waals surface area contributed by atoms with Crippen LogP contribution in [0.1, 0.15) is 47.3 Å². The first-order valence-electron chi connectivity index (χ1n) is 12.4. The van der Waals surface area contributed by atoms with Crippen molar-refractivity contribution in [2.45, 2.75) is 38.4 Å². The van der Waals surface area contributed by atoms with Gasteiger partial charge in [-0.3, -0.25) is 9.69 Å². The maximum Gasteiger partial charge on any atom is 0.252 e. The molecule has 3 aromatic carbocycles. The molecule has 178 valence electrons. The number of likely N-dealkylation sites (tertiary alicyclic amines) is 1. The van der Waals surface area contributed by atoms with Gasteiger partial charge in [0.25, 0.3) is 5.91 Å². The molecule has 1 aliphatic heterocycles. The Morgan fingerprint density at radius 1 is 0.971 bits per heavy atom. The molecule has 1 fully saturated rings. The molecule has 4 aromatic rings. The van der Waals surface area contributed by atoms with E-state index in [4.69, 9.17) is 10.7 Å². The molecule has 3 N–H and O–H groups in total. The van der Waals surface area contributed by atoms with Crippen molar-refractivity contribution in [3.63, 3.8) is 0 Å². The second kappa shape index (κ2) is 10.4. The third-order valence-electron chi connectivity index (χ3n) is 6.93. The summed E-state index contributed by atoms with van der Waals surface area (Å²) in [5.41, 5.74) is 11.7. The van der Waals surface area contributed by atoms with Crippen LogP contribution in [0.3, 0.4) is 0 Å². The molecule has 1 aromatic heterocycles. The average molecular weight is 465 g/mol. The van der Waals surface area contributed by atoms with Crippen LogP contribution < -0.4 is 11.1 Å². The number of hydrogen-bond donors (Lipinski definition) is 2. The van der Waals surface area contributed by atoms with Gasteiger partial charge in [0.15, 0.2) is 0 Å². The minimum Gasteiger partial charge on any atom is -0.345 e. The third-order valence-corrected chi connectivity index (χ3v) is 6.93. The van der Waals surface area contributed by atoms with E-state index in [0.29, 0.717) is 12.1 Å². The molecule has 0 saturated carbocycles. The van der Waals surface area contributed by atoms with E-state index in [-0.39, 0.29) is 18.0 Å². The molecular formula is C30H32N4O. The average Bonchev–Trinajstić information content (AvgIpc) is 2.90. The number of rotatable bonds is 6. The second-order valence-electron chi connectivity index (χ2n) is 9.42. The predicted octanol–water partition coefficient (Wildman–Crippen LogP) is 5.32. The lowest BCUT2D eigenvalue weighted by atomic mass is 9.94. The molecule has 1 saturated heterocycles. The minimum atomic E-state index is -0.114. The fourth-order valence-electron chi connectivity index (χ4n) is 4.93. The molecule has 1 unspecified atom stereocenters. The van der Waals surface area contributed by atoms with Crippen molar-refractivity contribution in [3.8, 4) is 11.3 Å². The minimum absolute atomic E-state index is 0.0687. The lowest BCUT2D eigenvalue weighted by molar-refractivity contribution is 0.0939. The number of amides is 1. The number of para-hydroxylation sites is 1. The van der Waals surface area contributed by atoms with Gasteiger partial charge in [0.05, 0.1) is 22.8 Å². The largest absolute Gasteiger partial charge is 0.345 e. The molecule has 35 heavy (non-hydrogen) atoms. The van der Waals surface area contributed by atoms with Crippen LogP contribution in [0.2, 0.25) is 0 Å². The van der Waals surface area contributed by atoms with Gasteiger partial charge in [0.2, 0.25) is 0 Å². The predicted molar refractivity (Wildman–Crippen MR) is 142 cm³/mol. The molecule has 0 bridgehead atoms. The van der Waals surface area contributed by atoms with Crippen LogP contribution in [0.5, 0.6) is 0 Å². The SMILES string of the molecule is CC(NC(=O)c1c(CN2CCC(N)CC2)c(-c2ccccc2)nc2ccccc12)c1ccccc1. The van der Waals surface area contributed by atoms with E-state index in [1.807, 2.05) is 79.7 Å². The number of carbonyl (C=O) groups excluding carboxylic acids is 1. The van der Waals surface area contributed by atoms with E-state index >= 15 is 0 Å². The molecule has 0 radical (unpaired) electrons. The zero-order chi connectivity index (χ0) is 24.2. The lowest BCUT2D eigenvalue weighted by Crippen LogP contribution is -2.39. The van der Waals surface area contributed by atoms with Gasteiger partial charge in [-0.1, -0.05) is 78.9 Å². The number of pyridine rings is 1. The van der Waals surface area contributed by atoms with Gasteiger partial charge in [-0.2, -0.15) is 0 Å². The van der Waals surface area contributed by atoms with Crippen molar-refractivity contribution in [1.82, 2.24) is 15.2 Å². The summed E-state index contributed by atoms with van der Waals surface area (Å²) in [5, 5.41) is 4.15. The van der Waals surface area contributed by atoms with E-state index in [0.717, 1.165) is 59.2 Å². The Bertz CT molecular complexity index is 1300. The lowest BCUT2D eigenvalue weighted by Gasteiger charge is -2.31. The highest BCUT2D eigenvalue weighted by Gasteiger charge is 2.26. The number of piperidine rings is 1. The number of nitrogens with two attached hydrogens (primary N) is 1. The van der Waals surface area contributed by atoms with Crippen molar-refractivity contribution in [1.29, 1.82) is 0 Å². The van der Waals surface area contributed by atoms with Crippen LogP contribution >= 0.6 is 0 Å². The molecular weight excluding hydrogens is 432 g/mol. The van der Waals surface area contributed by atoms with Crippen LogP contribution in [0.25, 0.3) is 22.2 Å². The number of nitrogens with zero attached hydrogens (tertiary/aromatic N) is 2. The molecule has 1 amide bonds. The first-order chi connectivity index (χ1) is 17.1. The summed E-state index contributed by atoms with van der Waals surface area (Å²) in [5.74, 6) is -0.0687. The van der Waals surface area contributed by atoms with E-state index in [2.05, 4.69) is 22.3 Å². The Hall–Kier alpha value is -3.54. The van der Waals surface area contributed by atoms with Gasteiger partial charge in [0.1, 0.15) is 0 Å². The van der Waals surface area contributed by atoms with Crippen molar-refractivity contribution < 1.29 is 4.79 Å². The van der Waals surface area contributed by atoms with Gasteiger partial charge in [-0.05, 0) is 44.5 Å². The number of hydrogen-bond acceptors (Lipinski definition) is 4. The first-order valence-corrected chi connectivity index (χ1v) is 12.4. The number of nitrogens with one attached hydrogen (secondary N) is 1. The Morgan fingerprint density at radius 2 is 1.60 bits per heavy atom. The highest BCUT2D eigenvalue weighted by atomic mass is 16.1. The zero-order valence-electron chi connectivity index (χ0n) is 20.2. The standard InChI is InChI=1S/C30H32N4O/c1-21(22-10-4-2-5-11-22)32-30(35)28-25-14-8-9-15-27(25)33-29(23-12-6-3-7-13-23)26(28)20-34-18-16-24(31)17-19-34/h2-15,21,24H,16-20,31H2,1H3,(H,32,35). The van der Waals surface area contributed by atoms with Crippen LogP contribution in [0.4, 0.5) is 0 Å². The number of aromatic nitrogens is 1. The summed E-state index contributed by atoms with van der Waals surface area (Å²) < 4.78 is 0. The molecule has 2 heterocycles. The maximum absolute atomic E-state index is 14.0. The fourth-order valence-corrected chi connectivity index (χ4v) is 4.93. The van der Waals surface area contributed by atoms with Crippen LogP contribution in [0, 0.1) is 0 Å². The fraction of sp³-hybridized carbons (Fsp3) is 0.267. The molecule has 5 nitrogen and oxygen atoms in total. The van der Waals surface area contributed by atoms with E-state index < -0.39 is 0 Å². The summed E-state index contributed by atoms with van der Waals surface area (Å²) in [6.45, 7) is 4.53. The monoisotopic (exact) mass is 464 g/mol. The first kappa shape index (κ1) is 23.2. The summed E-state index contributed by atoms with van der Waals surface area (Å²) in [6.07, 6.45) is 1.93. The normalized spacial score (nSPS) is 15.7. The summed E-state index contributed by atoms with van der Waals surface area (Å²) in [7, 11) is 0. The Morgan fingerprint density at radius 3 is 2.31 bits per heavy atom. The van der Waals surface area contributed by atoms with Gasteiger partial charge in [0, 0.05) is 29.1 Å². The van der Waals surface area contributed by atoms with Gasteiger partial charge in [-0.25, -0.2) is 4.98 Å². The topological polar surface area (TPSA) is 71.2 Å².